The van der Waals surface area contributed by atoms with Gasteiger partial charge in [-0.1, -0.05) is 12.1 Å². The van der Waals surface area contributed by atoms with Crippen LogP contribution in [0.1, 0.15) is 29.5 Å². The summed E-state index contributed by atoms with van der Waals surface area (Å²) in [6.07, 6.45) is 4.57. The van der Waals surface area contributed by atoms with Crippen LogP contribution in [0.25, 0.3) is 6.08 Å². The van der Waals surface area contributed by atoms with Gasteiger partial charge in [0.25, 0.3) is 0 Å². The van der Waals surface area contributed by atoms with Gasteiger partial charge in [0.1, 0.15) is 5.69 Å². The summed E-state index contributed by atoms with van der Waals surface area (Å²) in [5.41, 5.74) is 6.43. The van der Waals surface area contributed by atoms with Gasteiger partial charge in [-0.05, 0) is 38.1 Å². The molecule has 0 aliphatic rings. The standard InChI is InChI=1S/C12H16N2O2/c1-2-16-12(15)11-8-5-7-10(14-11)6-3-4-9-13/h3,5-8H,2,4,9,13H2,1H3. The Bertz CT molecular complexity index is 375. The molecule has 0 aliphatic carbocycles. The molecule has 16 heavy (non-hydrogen) atoms. The molecular weight excluding hydrogens is 204 g/mol. The van der Waals surface area contributed by atoms with Crippen molar-refractivity contribution in [2.45, 2.75) is 13.3 Å². The maximum Gasteiger partial charge on any atom is 0.356 e. The second-order valence-electron chi connectivity index (χ2n) is 3.15. The van der Waals surface area contributed by atoms with Crippen LogP contribution < -0.4 is 5.73 Å². The van der Waals surface area contributed by atoms with E-state index in [4.69, 9.17) is 10.5 Å². The second kappa shape index (κ2) is 6.74. The molecule has 0 aliphatic heterocycles. The Morgan fingerprint density at radius 1 is 1.56 bits per heavy atom. The van der Waals surface area contributed by atoms with Crippen LogP contribution in [-0.4, -0.2) is 24.1 Å². The number of hydrogen-bond acceptors (Lipinski definition) is 4. The van der Waals surface area contributed by atoms with Crippen molar-refractivity contribution in [2.24, 2.45) is 5.73 Å². The number of hydrogen-bond donors (Lipinski definition) is 1. The van der Waals surface area contributed by atoms with E-state index in [1.165, 1.54) is 0 Å². The quantitative estimate of drug-likeness (QED) is 0.766. The first kappa shape index (κ1) is 12.4. The van der Waals surface area contributed by atoms with Crippen molar-refractivity contribution in [3.63, 3.8) is 0 Å². The summed E-state index contributed by atoms with van der Waals surface area (Å²) in [4.78, 5) is 15.6. The Hall–Kier alpha value is -1.68. The van der Waals surface area contributed by atoms with Crippen LogP contribution in [0.4, 0.5) is 0 Å². The van der Waals surface area contributed by atoms with Crippen molar-refractivity contribution in [1.29, 1.82) is 0 Å². The summed E-state index contributed by atoms with van der Waals surface area (Å²) in [5, 5.41) is 0. The lowest BCUT2D eigenvalue weighted by molar-refractivity contribution is 0.0519. The molecule has 0 unspecified atom stereocenters. The van der Waals surface area contributed by atoms with Crippen LogP contribution in [0.5, 0.6) is 0 Å². The predicted molar refractivity (Wildman–Crippen MR) is 62.9 cm³/mol. The van der Waals surface area contributed by atoms with Gasteiger partial charge in [-0.15, -0.1) is 0 Å². The van der Waals surface area contributed by atoms with E-state index in [-0.39, 0.29) is 0 Å². The number of pyridine rings is 1. The summed E-state index contributed by atoms with van der Waals surface area (Å²) in [5.74, 6) is -0.392. The highest BCUT2D eigenvalue weighted by atomic mass is 16.5. The maximum atomic E-state index is 11.4. The zero-order valence-electron chi connectivity index (χ0n) is 9.35. The molecule has 0 saturated carbocycles. The summed E-state index contributed by atoms with van der Waals surface area (Å²) < 4.78 is 4.86. The van der Waals surface area contributed by atoms with Gasteiger partial charge in [-0.3, -0.25) is 0 Å². The Kier molecular flexibility index (Phi) is 5.22. The van der Waals surface area contributed by atoms with Crippen LogP contribution in [-0.2, 0) is 4.74 Å². The third-order valence-corrected chi connectivity index (χ3v) is 1.88. The minimum Gasteiger partial charge on any atom is -0.461 e. The molecule has 1 rings (SSSR count). The molecule has 4 nitrogen and oxygen atoms in total. The van der Waals surface area contributed by atoms with E-state index in [1.807, 2.05) is 18.2 Å². The third-order valence-electron chi connectivity index (χ3n) is 1.88. The fourth-order valence-electron chi connectivity index (χ4n) is 1.16. The lowest BCUT2D eigenvalue weighted by Gasteiger charge is -2.01. The minimum absolute atomic E-state index is 0.330. The van der Waals surface area contributed by atoms with E-state index >= 15 is 0 Å². The van der Waals surface area contributed by atoms with Gasteiger partial charge in [0.05, 0.1) is 12.3 Å². The van der Waals surface area contributed by atoms with Crippen molar-refractivity contribution >= 4 is 12.0 Å². The molecule has 0 aromatic carbocycles. The first-order valence-corrected chi connectivity index (χ1v) is 5.28. The van der Waals surface area contributed by atoms with Gasteiger partial charge in [0.15, 0.2) is 0 Å². The predicted octanol–water partition coefficient (Wildman–Crippen LogP) is 1.62. The molecule has 0 amide bonds. The lowest BCUT2D eigenvalue weighted by atomic mass is 10.2. The summed E-state index contributed by atoms with van der Waals surface area (Å²) in [6, 6.07) is 5.25. The molecule has 4 heteroatoms. The van der Waals surface area contributed by atoms with Crippen molar-refractivity contribution in [3.05, 3.63) is 35.7 Å². The van der Waals surface area contributed by atoms with E-state index in [0.717, 1.165) is 12.1 Å². The molecule has 0 fully saturated rings. The van der Waals surface area contributed by atoms with Crippen LogP contribution in [0.2, 0.25) is 0 Å². The van der Waals surface area contributed by atoms with E-state index < -0.39 is 5.97 Å². The molecule has 0 atom stereocenters. The van der Waals surface area contributed by atoms with E-state index in [0.29, 0.717) is 18.8 Å². The highest BCUT2D eigenvalue weighted by Crippen LogP contribution is 2.03. The molecular formula is C12H16N2O2. The van der Waals surface area contributed by atoms with E-state index in [2.05, 4.69) is 4.98 Å². The monoisotopic (exact) mass is 220 g/mol. The Morgan fingerprint density at radius 2 is 2.38 bits per heavy atom. The normalized spacial score (nSPS) is 10.6. The SMILES string of the molecule is CCOC(=O)c1cccc(C=CCCN)n1. The lowest BCUT2D eigenvalue weighted by Crippen LogP contribution is -2.07. The number of esters is 1. The average Bonchev–Trinajstić information content (AvgIpc) is 2.30. The maximum absolute atomic E-state index is 11.4. The summed E-state index contributed by atoms with van der Waals surface area (Å²) in [6.45, 7) is 2.73. The molecule has 0 saturated heterocycles. The molecule has 1 aromatic heterocycles. The molecule has 1 heterocycles. The first-order chi connectivity index (χ1) is 7.77. The molecule has 1 aromatic rings. The Morgan fingerprint density at radius 3 is 3.06 bits per heavy atom. The largest absolute Gasteiger partial charge is 0.461 e. The molecule has 0 spiro atoms. The molecule has 0 radical (unpaired) electrons. The highest BCUT2D eigenvalue weighted by Gasteiger charge is 2.07. The number of carbonyl (C=O) groups is 1. The first-order valence-electron chi connectivity index (χ1n) is 5.28. The Balaban J connectivity index is 2.74. The van der Waals surface area contributed by atoms with Crippen molar-refractivity contribution in [2.75, 3.05) is 13.2 Å². The summed E-state index contributed by atoms with van der Waals surface area (Å²) >= 11 is 0. The van der Waals surface area contributed by atoms with Gasteiger partial charge < -0.3 is 10.5 Å². The van der Waals surface area contributed by atoms with Crippen LogP contribution in [0.15, 0.2) is 24.3 Å². The number of ether oxygens (including phenoxy) is 1. The molecule has 2 N–H and O–H groups in total. The van der Waals surface area contributed by atoms with E-state index in [9.17, 15) is 4.79 Å². The van der Waals surface area contributed by atoms with Crippen molar-refractivity contribution in [3.8, 4) is 0 Å². The van der Waals surface area contributed by atoms with Crippen LogP contribution in [0.3, 0.4) is 0 Å². The van der Waals surface area contributed by atoms with Crippen molar-refractivity contribution < 1.29 is 9.53 Å². The molecule has 0 bridgehead atoms. The average molecular weight is 220 g/mol. The smallest absolute Gasteiger partial charge is 0.356 e. The third kappa shape index (κ3) is 3.82. The van der Waals surface area contributed by atoms with E-state index in [1.54, 1.807) is 19.1 Å². The zero-order valence-corrected chi connectivity index (χ0v) is 9.35. The fraction of sp³-hybridized carbons (Fsp3) is 0.333. The zero-order chi connectivity index (χ0) is 11.8. The highest BCUT2D eigenvalue weighted by molar-refractivity contribution is 5.87. The van der Waals surface area contributed by atoms with Gasteiger partial charge in [-0.25, -0.2) is 9.78 Å². The number of nitrogens with two attached hydrogens (primary N) is 1. The Labute approximate surface area is 95.1 Å². The summed E-state index contributed by atoms with van der Waals surface area (Å²) in [7, 11) is 0. The van der Waals surface area contributed by atoms with Gasteiger partial charge >= 0.3 is 5.97 Å². The van der Waals surface area contributed by atoms with Crippen LogP contribution in [0, 0.1) is 0 Å². The second-order valence-corrected chi connectivity index (χ2v) is 3.15. The van der Waals surface area contributed by atoms with Gasteiger partial charge in [0, 0.05) is 0 Å². The van der Waals surface area contributed by atoms with Crippen LogP contribution >= 0.6 is 0 Å². The fourth-order valence-corrected chi connectivity index (χ4v) is 1.16. The number of nitrogens with zero attached hydrogens (tertiary/aromatic N) is 1. The van der Waals surface area contributed by atoms with Crippen molar-refractivity contribution in [1.82, 2.24) is 4.98 Å². The number of rotatable bonds is 5. The number of aromatic nitrogens is 1. The minimum atomic E-state index is -0.392. The van der Waals surface area contributed by atoms with Gasteiger partial charge in [-0.2, -0.15) is 0 Å². The molecule has 86 valence electrons. The number of carbonyl (C=O) groups excluding carboxylic acids is 1. The van der Waals surface area contributed by atoms with Gasteiger partial charge in [0.2, 0.25) is 0 Å². The topological polar surface area (TPSA) is 65.2 Å².